The largest absolute Gasteiger partial charge is 0.416 e. The Kier molecular flexibility index (Phi) is 3.34. The molecule has 1 heterocycles. The summed E-state index contributed by atoms with van der Waals surface area (Å²) < 4.78 is 37.7. The molecule has 0 saturated carbocycles. The van der Waals surface area contributed by atoms with E-state index in [-0.39, 0.29) is 5.56 Å². The summed E-state index contributed by atoms with van der Waals surface area (Å²) in [6.07, 6.45) is -2.99. The molecule has 1 rings (SSSR count). The highest BCUT2D eigenvalue weighted by Gasteiger charge is 2.35. The highest BCUT2D eigenvalue weighted by Crippen LogP contribution is 2.35. The Morgan fingerprint density at radius 2 is 1.93 bits per heavy atom. The van der Waals surface area contributed by atoms with Crippen molar-refractivity contribution in [2.45, 2.75) is 32.0 Å². The minimum atomic E-state index is -4.40. The van der Waals surface area contributed by atoms with Gasteiger partial charge in [-0.2, -0.15) is 13.2 Å². The zero-order valence-corrected chi connectivity index (χ0v) is 8.42. The summed E-state index contributed by atoms with van der Waals surface area (Å²) in [7, 11) is 0. The van der Waals surface area contributed by atoms with Gasteiger partial charge in [-0.15, -0.1) is 0 Å². The molecule has 0 spiro atoms. The molecule has 1 aromatic rings. The zero-order chi connectivity index (χ0) is 11.6. The molecule has 0 aliphatic rings. The SMILES string of the molecule is CC(O)C(C)c1cnccc1C(F)(F)F. The molecular weight excluding hydrogens is 207 g/mol. The van der Waals surface area contributed by atoms with Gasteiger partial charge in [0, 0.05) is 18.3 Å². The number of rotatable bonds is 2. The fourth-order valence-electron chi connectivity index (χ4n) is 1.29. The van der Waals surface area contributed by atoms with Crippen molar-refractivity contribution in [2.75, 3.05) is 0 Å². The number of pyridine rings is 1. The third-order valence-electron chi connectivity index (χ3n) is 2.37. The predicted octanol–water partition coefficient (Wildman–Crippen LogP) is 2.58. The number of aliphatic hydroxyl groups is 1. The van der Waals surface area contributed by atoms with Crippen LogP contribution in [0.15, 0.2) is 18.5 Å². The number of halogens is 3. The third kappa shape index (κ3) is 2.68. The van der Waals surface area contributed by atoms with Crippen molar-refractivity contribution in [3.63, 3.8) is 0 Å². The first-order chi connectivity index (χ1) is 6.84. The summed E-state index contributed by atoms with van der Waals surface area (Å²) in [5.41, 5.74) is -0.703. The number of aliphatic hydroxyl groups excluding tert-OH is 1. The van der Waals surface area contributed by atoms with Crippen molar-refractivity contribution >= 4 is 0 Å². The standard InChI is InChI=1S/C10H12F3NO/c1-6(7(2)15)8-5-14-4-3-9(8)10(11,12)13/h3-7,15H,1-2H3. The molecule has 0 amide bonds. The van der Waals surface area contributed by atoms with Crippen LogP contribution in [0.2, 0.25) is 0 Å². The normalized spacial score (nSPS) is 16.1. The summed E-state index contributed by atoms with van der Waals surface area (Å²) in [5.74, 6) is -0.588. The molecule has 0 bridgehead atoms. The number of aromatic nitrogens is 1. The highest BCUT2D eigenvalue weighted by molar-refractivity contribution is 5.29. The van der Waals surface area contributed by atoms with Crippen LogP contribution >= 0.6 is 0 Å². The van der Waals surface area contributed by atoms with Gasteiger partial charge in [0.25, 0.3) is 0 Å². The lowest BCUT2D eigenvalue weighted by Crippen LogP contribution is -2.17. The second kappa shape index (κ2) is 4.18. The van der Waals surface area contributed by atoms with E-state index in [4.69, 9.17) is 0 Å². The van der Waals surface area contributed by atoms with E-state index in [9.17, 15) is 18.3 Å². The molecule has 0 aromatic carbocycles. The summed E-state index contributed by atoms with van der Waals surface area (Å²) in [4.78, 5) is 3.65. The summed E-state index contributed by atoms with van der Waals surface area (Å²) >= 11 is 0. The smallest absolute Gasteiger partial charge is 0.393 e. The Labute approximate surface area is 85.8 Å². The van der Waals surface area contributed by atoms with Gasteiger partial charge in [0.2, 0.25) is 0 Å². The minimum absolute atomic E-state index is 0.0278. The molecule has 2 unspecified atom stereocenters. The van der Waals surface area contributed by atoms with Gasteiger partial charge >= 0.3 is 6.18 Å². The van der Waals surface area contributed by atoms with Crippen molar-refractivity contribution in [3.8, 4) is 0 Å². The van der Waals surface area contributed by atoms with Gasteiger partial charge in [-0.05, 0) is 18.6 Å². The van der Waals surface area contributed by atoms with Crippen LogP contribution in [-0.2, 0) is 6.18 Å². The average Bonchev–Trinajstić information content (AvgIpc) is 2.15. The number of hydrogen-bond donors (Lipinski definition) is 1. The maximum atomic E-state index is 12.6. The number of hydrogen-bond acceptors (Lipinski definition) is 2. The van der Waals surface area contributed by atoms with E-state index in [1.165, 1.54) is 13.8 Å². The summed E-state index contributed by atoms with van der Waals surface area (Å²) in [5, 5.41) is 9.27. The molecule has 2 nitrogen and oxygen atoms in total. The fourth-order valence-corrected chi connectivity index (χ4v) is 1.29. The summed E-state index contributed by atoms with van der Waals surface area (Å²) in [6.45, 7) is 2.99. The lowest BCUT2D eigenvalue weighted by molar-refractivity contribution is -0.138. The van der Waals surface area contributed by atoms with E-state index in [0.29, 0.717) is 0 Å². The maximum absolute atomic E-state index is 12.6. The Balaban J connectivity index is 3.18. The molecular formula is C10H12F3NO. The lowest BCUT2D eigenvalue weighted by Gasteiger charge is -2.19. The van der Waals surface area contributed by atoms with Gasteiger partial charge < -0.3 is 5.11 Å². The van der Waals surface area contributed by atoms with Gasteiger partial charge in [0.15, 0.2) is 0 Å². The van der Waals surface area contributed by atoms with Crippen molar-refractivity contribution in [3.05, 3.63) is 29.6 Å². The zero-order valence-electron chi connectivity index (χ0n) is 8.42. The van der Waals surface area contributed by atoms with E-state index >= 15 is 0 Å². The van der Waals surface area contributed by atoms with Gasteiger partial charge in [-0.3, -0.25) is 4.98 Å². The molecule has 0 aliphatic carbocycles. The van der Waals surface area contributed by atoms with Crippen LogP contribution in [0.3, 0.4) is 0 Å². The third-order valence-corrected chi connectivity index (χ3v) is 2.37. The van der Waals surface area contributed by atoms with E-state index in [1.807, 2.05) is 0 Å². The van der Waals surface area contributed by atoms with Crippen molar-refractivity contribution in [1.82, 2.24) is 4.98 Å². The maximum Gasteiger partial charge on any atom is 0.416 e. The highest BCUT2D eigenvalue weighted by atomic mass is 19.4. The van der Waals surface area contributed by atoms with Crippen LogP contribution in [-0.4, -0.2) is 16.2 Å². The van der Waals surface area contributed by atoms with Crippen LogP contribution < -0.4 is 0 Å². The molecule has 84 valence electrons. The van der Waals surface area contributed by atoms with E-state index in [0.717, 1.165) is 18.5 Å². The van der Waals surface area contributed by atoms with Crippen LogP contribution in [0.4, 0.5) is 13.2 Å². The topological polar surface area (TPSA) is 33.1 Å². The average molecular weight is 219 g/mol. The Bertz CT molecular complexity index is 336. The molecule has 15 heavy (non-hydrogen) atoms. The Morgan fingerprint density at radius 1 is 1.33 bits per heavy atom. The molecule has 0 fully saturated rings. The van der Waals surface area contributed by atoms with Crippen LogP contribution in [0, 0.1) is 0 Å². The quantitative estimate of drug-likeness (QED) is 0.829. The van der Waals surface area contributed by atoms with Gasteiger partial charge in [0.1, 0.15) is 0 Å². The molecule has 1 aromatic heterocycles. The molecule has 1 N–H and O–H groups in total. The molecule has 0 radical (unpaired) electrons. The van der Waals surface area contributed by atoms with E-state index in [1.54, 1.807) is 0 Å². The van der Waals surface area contributed by atoms with Crippen molar-refractivity contribution in [1.29, 1.82) is 0 Å². The van der Waals surface area contributed by atoms with Gasteiger partial charge in [-0.25, -0.2) is 0 Å². The Hall–Kier alpha value is -1.10. The molecule has 5 heteroatoms. The fraction of sp³-hybridized carbons (Fsp3) is 0.500. The van der Waals surface area contributed by atoms with Gasteiger partial charge in [0.05, 0.1) is 11.7 Å². The van der Waals surface area contributed by atoms with Crippen molar-refractivity contribution in [2.24, 2.45) is 0 Å². The number of nitrogens with zero attached hydrogens (tertiary/aromatic N) is 1. The predicted molar refractivity (Wildman–Crippen MR) is 49.3 cm³/mol. The van der Waals surface area contributed by atoms with Crippen LogP contribution in [0.1, 0.15) is 30.9 Å². The first-order valence-electron chi connectivity index (χ1n) is 4.53. The molecule has 0 aliphatic heterocycles. The van der Waals surface area contributed by atoms with E-state index in [2.05, 4.69) is 4.98 Å². The van der Waals surface area contributed by atoms with Crippen LogP contribution in [0.5, 0.6) is 0 Å². The first-order valence-corrected chi connectivity index (χ1v) is 4.53. The van der Waals surface area contributed by atoms with Crippen LogP contribution in [0.25, 0.3) is 0 Å². The second-order valence-electron chi connectivity index (χ2n) is 3.49. The molecule has 0 saturated heterocycles. The lowest BCUT2D eigenvalue weighted by atomic mass is 9.93. The Morgan fingerprint density at radius 3 is 2.40 bits per heavy atom. The second-order valence-corrected chi connectivity index (χ2v) is 3.49. The summed E-state index contributed by atoms with van der Waals surface area (Å²) in [6, 6.07) is 0.925. The monoisotopic (exact) mass is 219 g/mol. The first kappa shape index (κ1) is 12.0. The molecule has 2 atom stereocenters. The van der Waals surface area contributed by atoms with Gasteiger partial charge in [-0.1, -0.05) is 6.92 Å². The van der Waals surface area contributed by atoms with Crippen molar-refractivity contribution < 1.29 is 18.3 Å². The number of alkyl halides is 3. The van der Waals surface area contributed by atoms with E-state index < -0.39 is 23.8 Å². The minimum Gasteiger partial charge on any atom is -0.393 e.